The molecule has 1 aromatic rings. The van der Waals surface area contributed by atoms with Gasteiger partial charge in [0, 0.05) is 12.4 Å². The maximum absolute atomic E-state index is 9.47. The van der Waals surface area contributed by atoms with Crippen molar-refractivity contribution in [3.05, 3.63) is 24.8 Å². The van der Waals surface area contributed by atoms with Gasteiger partial charge in [-0.3, -0.25) is 0 Å². The van der Waals surface area contributed by atoms with Gasteiger partial charge >= 0.3 is 16.5 Å². The van der Waals surface area contributed by atoms with E-state index in [2.05, 4.69) is 20.1 Å². The Kier molecular flexibility index (Phi) is 5.89. The topological polar surface area (TPSA) is 115 Å². The molecule has 0 fully saturated rings. The van der Waals surface area contributed by atoms with Crippen molar-refractivity contribution in [1.82, 2.24) is 9.97 Å². The number of primary amides is 1. The number of nitrogens with zero attached hydrogens (tertiary/aromatic N) is 3. The molecular weight excluding hydrogens is 196 g/mol. The number of carbonyl (C=O) groups is 1. The summed E-state index contributed by atoms with van der Waals surface area (Å²) in [6.45, 7) is 0. The zero-order chi connectivity index (χ0) is 10.1. The van der Waals surface area contributed by atoms with Gasteiger partial charge in [-0.25, -0.2) is 14.8 Å². The lowest BCUT2D eigenvalue weighted by Gasteiger charge is -1.70. The molecule has 0 atom stereocenters. The first-order valence-electron chi connectivity index (χ1n) is 2.93. The Morgan fingerprint density at radius 3 is 1.92 bits per heavy atom. The van der Waals surface area contributed by atoms with Crippen LogP contribution in [0.2, 0.25) is 0 Å². The van der Waals surface area contributed by atoms with Crippen LogP contribution in [0.4, 0.5) is 4.79 Å². The second-order valence-electron chi connectivity index (χ2n) is 1.55. The van der Waals surface area contributed by atoms with Crippen molar-refractivity contribution in [3.8, 4) is 0 Å². The lowest BCUT2D eigenvalue weighted by molar-refractivity contribution is 0.257. The molecule has 7 nitrogen and oxygen atoms in total. The van der Waals surface area contributed by atoms with Gasteiger partial charge < -0.3 is 5.73 Å². The van der Waals surface area contributed by atoms with Gasteiger partial charge in [-0.15, -0.1) is 0 Å². The van der Waals surface area contributed by atoms with Crippen molar-refractivity contribution in [3.63, 3.8) is 0 Å². The molecular formula is C5H6N4O3S. The van der Waals surface area contributed by atoms with Crippen molar-refractivity contribution in [2.24, 2.45) is 10.1 Å². The largest absolute Gasteiger partial charge is 0.353 e. The molecule has 0 aliphatic rings. The molecule has 1 heterocycles. The van der Waals surface area contributed by atoms with Crippen LogP contribution in [0.5, 0.6) is 0 Å². The zero-order valence-corrected chi connectivity index (χ0v) is 7.18. The maximum atomic E-state index is 9.47. The summed E-state index contributed by atoms with van der Waals surface area (Å²) in [7, 11) is -2.70. The van der Waals surface area contributed by atoms with Gasteiger partial charge in [0.25, 0.3) is 0 Å². The predicted molar refractivity (Wildman–Crippen MR) is 43.0 cm³/mol. The number of aromatic nitrogens is 2. The van der Waals surface area contributed by atoms with Crippen LogP contribution in [0.25, 0.3) is 0 Å². The minimum Gasteiger partial charge on any atom is -0.349 e. The highest BCUT2D eigenvalue weighted by Crippen LogP contribution is 1.66. The Morgan fingerprint density at radius 2 is 1.85 bits per heavy atom. The van der Waals surface area contributed by atoms with Crippen LogP contribution in [0.3, 0.4) is 0 Å². The van der Waals surface area contributed by atoms with E-state index in [0.717, 1.165) is 0 Å². The first-order valence-corrected chi connectivity index (χ1v) is 3.96. The fourth-order valence-electron chi connectivity index (χ4n) is 0.327. The highest BCUT2D eigenvalue weighted by atomic mass is 32.2. The number of amides is 2. The van der Waals surface area contributed by atoms with Gasteiger partial charge in [-0.05, 0) is 6.07 Å². The number of rotatable bonds is 0. The lowest BCUT2D eigenvalue weighted by atomic mass is 10.7. The van der Waals surface area contributed by atoms with Crippen LogP contribution in [-0.4, -0.2) is 24.4 Å². The average Bonchev–Trinajstić information content (AvgIpc) is 2.06. The summed E-state index contributed by atoms with van der Waals surface area (Å²) in [6.07, 6.45) is 4.88. The molecule has 0 radical (unpaired) electrons. The number of hydrogen-bond donors (Lipinski definition) is 1. The van der Waals surface area contributed by atoms with E-state index in [1.807, 2.05) is 0 Å². The summed E-state index contributed by atoms with van der Waals surface area (Å²) < 4.78 is 21.0. The molecule has 0 aliphatic carbocycles. The van der Waals surface area contributed by atoms with Gasteiger partial charge in [0.1, 0.15) is 6.33 Å². The Morgan fingerprint density at radius 1 is 1.31 bits per heavy atom. The molecule has 0 saturated heterocycles. The van der Waals surface area contributed by atoms with Crippen molar-refractivity contribution in [1.29, 1.82) is 0 Å². The average molecular weight is 202 g/mol. The minimum atomic E-state index is -2.70. The van der Waals surface area contributed by atoms with Gasteiger partial charge in [0.15, 0.2) is 0 Å². The van der Waals surface area contributed by atoms with E-state index in [0.29, 0.717) is 0 Å². The van der Waals surface area contributed by atoms with Gasteiger partial charge in [-0.1, -0.05) is 4.36 Å². The van der Waals surface area contributed by atoms with Crippen LogP contribution >= 0.6 is 0 Å². The van der Waals surface area contributed by atoms with Crippen molar-refractivity contribution >= 4 is 16.5 Å². The number of carbonyl (C=O) groups excluding carboxylic acids is 1. The third kappa shape index (κ3) is 10.2. The smallest absolute Gasteiger partial charge is 0.349 e. The molecule has 1 rings (SSSR count). The van der Waals surface area contributed by atoms with Crippen molar-refractivity contribution in [2.45, 2.75) is 0 Å². The highest BCUT2D eigenvalue weighted by Gasteiger charge is 1.80. The van der Waals surface area contributed by atoms with Crippen molar-refractivity contribution in [2.75, 3.05) is 0 Å². The second kappa shape index (κ2) is 6.85. The van der Waals surface area contributed by atoms with Crippen LogP contribution < -0.4 is 5.73 Å². The third-order valence-corrected chi connectivity index (χ3v) is 0.971. The molecule has 0 bridgehead atoms. The maximum Gasteiger partial charge on any atom is 0.353 e. The Hall–Kier alpha value is -1.83. The van der Waals surface area contributed by atoms with Crippen molar-refractivity contribution < 1.29 is 13.2 Å². The van der Waals surface area contributed by atoms with E-state index < -0.39 is 16.5 Å². The van der Waals surface area contributed by atoms with E-state index in [-0.39, 0.29) is 0 Å². The summed E-state index contributed by atoms with van der Waals surface area (Å²) >= 11 is 0. The lowest BCUT2D eigenvalue weighted by Crippen LogP contribution is -2.02. The number of hydrogen-bond acceptors (Lipinski definition) is 5. The van der Waals surface area contributed by atoms with Crippen LogP contribution in [-0.2, 0) is 10.5 Å². The minimum absolute atomic E-state index is 1.20. The van der Waals surface area contributed by atoms with E-state index in [4.69, 9.17) is 0 Å². The molecule has 0 unspecified atom stereocenters. The van der Waals surface area contributed by atoms with E-state index in [9.17, 15) is 13.2 Å². The number of urea groups is 1. The third-order valence-electron chi connectivity index (χ3n) is 0.642. The van der Waals surface area contributed by atoms with Crippen LogP contribution in [0, 0.1) is 0 Å². The first-order chi connectivity index (χ1) is 6.13. The normalized spacial score (nSPS) is 7.69. The molecule has 0 aromatic carbocycles. The molecule has 0 aliphatic heterocycles. The monoisotopic (exact) mass is 202 g/mol. The standard InChI is InChI=1S/C4H4N2.CH2N2O3S/c1-2-5-4-6-3-1;2-1(4)3-7(5)6/h1-4H;(H2,2,4). The van der Waals surface area contributed by atoms with E-state index in [1.165, 1.54) is 6.33 Å². The fourth-order valence-corrected chi connectivity index (χ4v) is 0.474. The highest BCUT2D eigenvalue weighted by molar-refractivity contribution is 7.62. The Bertz CT molecular complexity index is 339. The number of nitrogens with two attached hydrogens (primary N) is 1. The molecule has 2 amide bonds. The summed E-state index contributed by atoms with van der Waals surface area (Å²) in [5.74, 6) is 0. The predicted octanol–water partition coefficient (Wildman–Crippen LogP) is -0.396. The summed E-state index contributed by atoms with van der Waals surface area (Å²) in [4.78, 5) is 16.8. The summed E-state index contributed by atoms with van der Waals surface area (Å²) in [6, 6.07) is 0.577. The quantitative estimate of drug-likeness (QED) is 0.614. The molecule has 1 aromatic heterocycles. The summed E-state index contributed by atoms with van der Waals surface area (Å²) in [5.41, 5.74) is 4.29. The van der Waals surface area contributed by atoms with Crippen LogP contribution in [0.1, 0.15) is 0 Å². The molecule has 13 heavy (non-hydrogen) atoms. The van der Waals surface area contributed by atoms with E-state index >= 15 is 0 Å². The molecule has 8 heteroatoms. The molecule has 0 saturated carbocycles. The van der Waals surface area contributed by atoms with E-state index in [1.54, 1.807) is 18.5 Å². The SMILES string of the molecule is NC(=O)N=S(=O)=O.c1cncnc1. The first kappa shape index (κ1) is 11.2. The summed E-state index contributed by atoms with van der Waals surface area (Å²) in [5, 5.41) is 0. The van der Waals surface area contributed by atoms with Gasteiger partial charge in [0.05, 0.1) is 0 Å². The zero-order valence-electron chi connectivity index (χ0n) is 6.36. The van der Waals surface area contributed by atoms with Gasteiger partial charge in [-0.2, -0.15) is 8.42 Å². The molecule has 0 spiro atoms. The molecule has 70 valence electrons. The Balaban J connectivity index is 0.000000223. The second-order valence-corrected chi connectivity index (χ2v) is 2.17. The van der Waals surface area contributed by atoms with Crippen LogP contribution in [0.15, 0.2) is 29.2 Å². The fraction of sp³-hybridized carbons (Fsp3) is 0. The molecule has 2 N–H and O–H groups in total. The Labute approximate surface area is 75.3 Å². The van der Waals surface area contributed by atoms with Gasteiger partial charge in [0.2, 0.25) is 0 Å².